The number of benzene rings is 1. The monoisotopic (exact) mass is 494 g/mol. The van der Waals surface area contributed by atoms with Gasteiger partial charge in [-0.3, -0.25) is 4.79 Å². The van der Waals surface area contributed by atoms with Crippen LogP contribution in [0.25, 0.3) is 11.1 Å². The number of aromatic nitrogens is 2. The summed E-state index contributed by atoms with van der Waals surface area (Å²) in [7, 11) is 0. The van der Waals surface area contributed by atoms with Gasteiger partial charge in [-0.25, -0.2) is 14.2 Å². The van der Waals surface area contributed by atoms with Gasteiger partial charge in [0.1, 0.15) is 5.82 Å². The summed E-state index contributed by atoms with van der Waals surface area (Å²) in [4.78, 5) is 33.6. The Labute approximate surface area is 206 Å². The van der Waals surface area contributed by atoms with E-state index in [4.69, 9.17) is 16.3 Å². The highest BCUT2D eigenvalue weighted by molar-refractivity contribution is 6.33. The van der Waals surface area contributed by atoms with Gasteiger partial charge >= 0.3 is 6.03 Å². The number of fused-ring (bicyclic) bond motifs is 4. The summed E-state index contributed by atoms with van der Waals surface area (Å²) in [6.45, 7) is 0.665. The number of aromatic amines is 1. The summed E-state index contributed by atoms with van der Waals surface area (Å²) < 4.78 is 20.7. The summed E-state index contributed by atoms with van der Waals surface area (Å²) in [6.07, 6.45) is 7.93. The van der Waals surface area contributed by atoms with E-state index < -0.39 is 5.82 Å². The number of nitrogens with zero attached hydrogens (tertiary/aromatic N) is 2. The van der Waals surface area contributed by atoms with Crippen LogP contribution in [0.2, 0.25) is 5.02 Å². The summed E-state index contributed by atoms with van der Waals surface area (Å²) in [5.41, 5.74) is 2.94. The molecule has 2 N–H and O–H groups in total. The lowest BCUT2D eigenvalue weighted by molar-refractivity contribution is 0.179. The first-order valence-electron chi connectivity index (χ1n) is 11.9. The first-order chi connectivity index (χ1) is 17.0. The molecule has 6 rings (SSSR count). The molecule has 2 aliphatic heterocycles. The van der Waals surface area contributed by atoms with E-state index in [2.05, 4.69) is 15.3 Å². The minimum absolute atomic E-state index is 0.0211. The van der Waals surface area contributed by atoms with Crippen LogP contribution < -0.4 is 15.6 Å². The number of H-pyrrole nitrogens is 1. The second-order valence-electron chi connectivity index (χ2n) is 9.52. The van der Waals surface area contributed by atoms with Crippen LogP contribution in [0.5, 0.6) is 5.88 Å². The smallest absolute Gasteiger partial charge is 0.322 e. The lowest BCUT2D eigenvalue weighted by Gasteiger charge is -2.36. The van der Waals surface area contributed by atoms with Crippen molar-refractivity contribution in [2.75, 3.05) is 11.9 Å². The molecule has 2 atom stereocenters. The third kappa shape index (κ3) is 4.27. The van der Waals surface area contributed by atoms with E-state index in [-0.39, 0.29) is 29.4 Å². The van der Waals surface area contributed by atoms with E-state index in [1.54, 1.807) is 35.5 Å². The van der Waals surface area contributed by atoms with Crippen molar-refractivity contribution in [3.63, 3.8) is 0 Å². The van der Waals surface area contributed by atoms with Crippen LogP contribution in [-0.2, 0) is 6.42 Å². The number of amides is 2. The average molecular weight is 495 g/mol. The summed E-state index contributed by atoms with van der Waals surface area (Å²) >= 11 is 6.48. The Morgan fingerprint density at radius 3 is 2.86 bits per heavy atom. The van der Waals surface area contributed by atoms with Gasteiger partial charge in [0.15, 0.2) is 0 Å². The number of pyridine rings is 2. The molecule has 1 saturated carbocycles. The molecule has 2 bridgehead atoms. The van der Waals surface area contributed by atoms with E-state index in [9.17, 15) is 9.59 Å². The van der Waals surface area contributed by atoms with Gasteiger partial charge in [-0.05, 0) is 67.3 Å². The van der Waals surface area contributed by atoms with E-state index >= 15 is 4.39 Å². The van der Waals surface area contributed by atoms with Crippen molar-refractivity contribution < 1.29 is 13.9 Å². The predicted molar refractivity (Wildman–Crippen MR) is 130 cm³/mol. The number of carbonyl (C=O) groups is 1. The molecule has 3 aromatic rings. The Morgan fingerprint density at radius 1 is 1.23 bits per heavy atom. The molecule has 3 aliphatic rings. The molecule has 0 spiro atoms. The molecular formula is C26H24ClFN4O3. The van der Waals surface area contributed by atoms with Gasteiger partial charge in [0, 0.05) is 41.7 Å². The van der Waals surface area contributed by atoms with Crippen LogP contribution in [-0.4, -0.2) is 33.5 Å². The van der Waals surface area contributed by atoms with Gasteiger partial charge in [0.05, 0.1) is 23.4 Å². The maximum absolute atomic E-state index is 15.1. The molecule has 1 saturated heterocycles. The maximum Gasteiger partial charge on any atom is 0.322 e. The topological polar surface area (TPSA) is 87.3 Å². The molecule has 4 heterocycles. The van der Waals surface area contributed by atoms with Gasteiger partial charge in [0.25, 0.3) is 0 Å². The molecule has 2 aromatic heterocycles. The van der Waals surface area contributed by atoms with Gasteiger partial charge in [-0.1, -0.05) is 11.6 Å². The highest BCUT2D eigenvalue weighted by Crippen LogP contribution is 2.43. The number of carbonyl (C=O) groups excluding carboxylic acids is 1. The van der Waals surface area contributed by atoms with E-state index in [1.165, 1.54) is 25.0 Å². The Bertz CT molecular complexity index is 1360. The van der Waals surface area contributed by atoms with Gasteiger partial charge in [-0.2, -0.15) is 0 Å². The van der Waals surface area contributed by atoms with Gasteiger partial charge in [0.2, 0.25) is 11.4 Å². The van der Waals surface area contributed by atoms with Crippen molar-refractivity contribution in [1.29, 1.82) is 0 Å². The van der Waals surface area contributed by atoms with Gasteiger partial charge < -0.3 is 19.9 Å². The molecule has 0 radical (unpaired) electrons. The Balaban J connectivity index is 1.19. The maximum atomic E-state index is 15.1. The Hall–Kier alpha value is -3.39. The SMILES string of the molecule is O=C(Nc1cc(Cl)c(-c2ccc(OCC3CC3)nc2)cc1F)N1[C@H]2CC[C@@H]1c1c[nH]c(=O)cc1C2. The molecule has 1 aromatic carbocycles. The minimum Gasteiger partial charge on any atom is -0.477 e. The second-order valence-corrected chi connectivity index (χ2v) is 9.92. The standard InChI is InChI=1S/C26H24ClFN4O3/c27-20-10-22(21(28)9-18(20)15-3-6-25(30-11-15)35-13-14-1-2-14)31-26(34)32-17-4-5-23(32)19-12-29-24(33)8-16(19)7-17/h3,6,8-12,14,17,23H,1-2,4-5,7,13H2,(H,29,33)(H,31,34)/t17-,23+/m0/s1. The Kier molecular flexibility index (Phi) is 5.48. The molecular weight excluding hydrogens is 471 g/mol. The fourth-order valence-corrected chi connectivity index (χ4v) is 5.39. The fraction of sp³-hybridized carbons (Fsp3) is 0.346. The quantitative estimate of drug-likeness (QED) is 0.503. The normalized spacial score (nSPS) is 20.5. The zero-order valence-corrected chi connectivity index (χ0v) is 19.6. The van der Waals surface area contributed by atoms with Crippen LogP contribution >= 0.6 is 11.6 Å². The molecule has 180 valence electrons. The second kappa shape index (κ2) is 8.68. The summed E-state index contributed by atoms with van der Waals surface area (Å²) in [5, 5.41) is 3.01. The molecule has 0 unspecified atom stereocenters. The first kappa shape index (κ1) is 22.1. The van der Waals surface area contributed by atoms with Crippen LogP contribution in [0, 0.1) is 11.7 Å². The highest BCUT2D eigenvalue weighted by Gasteiger charge is 2.43. The van der Waals surface area contributed by atoms with Crippen molar-refractivity contribution in [2.24, 2.45) is 5.92 Å². The number of anilines is 1. The molecule has 7 nitrogen and oxygen atoms in total. The number of ether oxygens (including phenoxy) is 1. The Morgan fingerprint density at radius 2 is 2.09 bits per heavy atom. The minimum atomic E-state index is -0.583. The zero-order chi connectivity index (χ0) is 24.1. The van der Waals surface area contributed by atoms with Crippen molar-refractivity contribution in [3.05, 3.63) is 75.0 Å². The third-order valence-corrected chi connectivity index (χ3v) is 7.42. The van der Waals surface area contributed by atoms with E-state index in [1.807, 2.05) is 0 Å². The van der Waals surface area contributed by atoms with E-state index in [0.717, 1.165) is 24.0 Å². The number of rotatable bonds is 5. The van der Waals surface area contributed by atoms with Crippen molar-refractivity contribution in [2.45, 2.75) is 44.2 Å². The van der Waals surface area contributed by atoms with Crippen LogP contribution in [0.1, 0.15) is 42.9 Å². The lowest BCUT2D eigenvalue weighted by Crippen LogP contribution is -2.44. The van der Waals surface area contributed by atoms with Crippen LogP contribution in [0.3, 0.4) is 0 Å². The van der Waals surface area contributed by atoms with Crippen LogP contribution in [0.15, 0.2) is 47.5 Å². The predicted octanol–water partition coefficient (Wildman–Crippen LogP) is 5.31. The number of urea groups is 1. The largest absolute Gasteiger partial charge is 0.477 e. The van der Waals surface area contributed by atoms with Crippen molar-refractivity contribution in [1.82, 2.24) is 14.9 Å². The summed E-state index contributed by atoms with van der Waals surface area (Å²) in [5.74, 6) is 0.575. The van der Waals surface area contributed by atoms with Crippen molar-refractivity contribution >= 4 is 23.3 Å². The highest BCUT2D eigenvalue weighted by atomic mass is 35.5. The molecule has 1 aliphatic carbocycles. The van der Waals surface area contributed by atoms with E-state index in [0.29, 0.717) is 41.0 Å². The first-order valence-corrected chi connectivity index (χ1v) is 12.2. The molecule has 9 heteroatoms. The summed E-state index contributed by atoms with van der Waals surface area (Å²) in [6, 6.07) is 7.33. The molecule has 35 heavy (non-hydrogen) atoms. The average Bonchev–Trinajstić information content (AvgIpc) is 3.62. The fourth-order valence-electron chi connectivity index (χ4n) is 5.12. The molecule has 2 fully saturated rings. The number of hydrogen-bond donors (Lipinski definition) is 2. The lowest BCUT2D eigenvalue weighted by atomic mass is 9.95. The number of nitrogens with one attached hydrogen (secondary N) is 2. The van der Waals surface area contributed by atoms with Crippen LogP contribution in [0.4, 0.5) is 14.9 Å². The third-order valence-electron chi connectivity index (χ3n) is 7.11. The number of halogens is 2. The molecule has 2 amide bonds. The zero-order valence-electron chi connectivity index (χ0n) is 18.9. The van der Waals surface area contributed by atoms with Gasteiger partial charge in [-0.15, -0.1) is 0 Å². The number of hydrogen-bond acceptors (Lipinski definition) is 4. The van der Waals surface area contributed by atoms with Crippen molar-refractivity contribution in [3.8, 4) is 17.0 Å².